The summed E-state index contributed by atoms with van der Waals surface area (Å²) in [5.74, 6) is -0.432. The van der Waals surface area contributed by atoms with Gasteiger partial charge in [-0.25, -0.2) is 4.39 Å². The molecule has 6 heteroatoms. The third-order valence-electron chi connectivity index (χ3n) is 2.63. The molecule has 0 saturated heterocycles. The normalized spacial score (nSPS) is 12.2. The van der Waals surface area contributed by atoms with Gasteiger partial charge in [-0.1, -0.05) is 13.0 Å². The van der Waals surface area contributed by atoms with Gasteiger partial charge in [0.25, 0.3) is 0 Å². The van der Waals surface area contributed by atoms with Crippen molar-refractivity contribution in [3.63, 3.8) is 0 Å². The first-order valence-electron chi connectivity index (χ1n) is 5.62. The molecule has 1 aromatic carbocycles. The van der Waals surface area contributed by atoms with Crippen LogP contribution in [0.1, 0.15) is 18.1 Å². The predicted molar refractivity (Wildman–Crippen MR) is 61.3 cm³/mol. The Kier molecular flexibility index (Phi) is 5.10. The highest BCUT2D eigenvalue weighted by Gasteiger charge is 2.30. The molecule has 0 aliphatic rings. The van der Waals surface area contributed by atoms with Crippen LogP contribution >= 0.6 is 0 Å². The van der Waals surface area contributed by atoms with Gasteiger partial charge in [-0.2, -0.15) is 13.2 Å². The lowest BCUT2D eigenvalue weighted by molar-refractivity contribution is -0.146. The van der Waals surface area contributed by atoms with E-state index in [1.807, 2.05) is 0 Å². The molecule has 0 saturated carbocycles. The van der Waals surface area contributed by atoms with Crippen molar-refractivity contribution in [3.05, 3.63) is 35.1 Å². The van der Waals surface area contributed by atoms with Gasteiger partial charge in [-0.3, -0.25) is 4.90 Å². The number of hydrogen-bond donors (Lipinski definition) is 1. The largest absolute Gasteiger partial charge is 0.401 e. The zero-order chi connectivity index (χ0) is 13.8. The second kappa shape index (κ2) is 6.15. The monoisotopic (exact) mass is 264 g/mol. The van der Waals surface area contributed by atoms with Crippen molar-refractivity contribution < 1.29 is 17.6 Å². The number of nitrogens with two attached hydrogens (primary N) is 1. The Morgan fingerprint density at radius 3 is 2.39 bits per heavy atom. The van der Waals surface area contributed by atoms with Gasteiger partial charge in [0.2, 0.25) is 0 Å². The summed E-state index contributed by atoms with van der Waals surface area (Å²) in [6.45, 7) is 1.16. The summed E-state index contributed by atoms with van der Waals surface area (Å²) < 4.78 is 49.9. The summed E-state index contributed by atoms with van der Waals surface area (Å²) in [6, 6.07) is 3.98. The van der Waals surface area contributed by atoms with Gasteiger partial charge < -0.3 is 5.73 Å². The molecule has 0 bridgehead atoms. The van der Waals surface area contributed by atoms with E-state index in [-0.39, 0.29) is 19.6 Å². The third kappa shape index (κ3) is 4.62. The van der Waals surface area contributed by atoms with E-state index < -0.39 is 18.5 Å². The lowest BCUT2D eigenvalue weighted by Crippen LogP contribution is -2.34. The molecular weight excluding hydrogens is 248 g/mol. The quantitative estimate of drug-likeness (QED) is 0.828. The molecule has 2 nitrogen and oxygen atoms in total. The van der Waals surface area contributed by atoms with Crippen LogP contribution in [0.5, 0.6) is 0 Å². The zero-order valence-corrected chi connectivity index (χ0v) is 10.1. The minimum absolute atomic E-state index is 0.108. The Morgan fingerprint density at radius 1 is 1.22 bits per heavy atom. The fourth-order valence-electron chi connectivity index (χ4n) is 1.71. The molecular formula is C12H16F4N2. The molecule has 2 N–H and O–H groups in total. The van der Waals surface area contributed by atoms with Gasteiger partial charge in [0.1, 0.15) is 5.82 Å². The lowest BCUT2D eigenvalue weighted by atomic mass is 10.1. The Hall–Kier alpha value is -1.14. The van der Waals surface area contributed by atoms with Crippen LogP contribution in [0.15, 0.2) is 18.2 Å². The maximum atomic E-state index is 13.0. The summed E-state index contributed by atoms with van der Waals surface area (Å²) in [5, 5.41) is 0. The fraction of sp³-hybridized carbons (Fsp3) is 0.500. The number of alkyl halides is 3. The summed E-state index contributed by atoms with van der Waals surface area (Å²) in [4.78, 5) is 1.24. The SMILES string of the molecule is CCN(Cc1ccc(F)cc1CN)CC(F)(F)F. The number of hydrogen-bond acceptors (Lipinski definition) is 2. The minimum atomic E-state index is -4.24. The molecule has 0 fully saturated rings. The first-order valence-corrected chi connectivity index (χ1v) is 5.62. The van der Waals surface area contributed by atoms with Crippen LogP contribution in [-0.4, -0.2) is 24.2 Å². The van der Waals surface area contributed by atoms with E-state index >= 15 is 0 Å². The molecule has 18 heavy (non-hydrogen) atoms. The van der Waals surface area contributed by atoms with Crippen molar-refractivity contribution in [1.29, 1.82) is 0 Å². The van der Waals surface area contributed by atoms with Gasteiger partial charge in [0.15, 0.2) is 0 Å². The average Bonchev–Trinajstić information content (AvgIpc) is 2.28. The van der Waals surface area contributed by atoms with Crippen LogP contribution in [0, 0.1) is 5.82 Å². The molecule has 102 valence electrons. The highest BCUT2D eigenvalue weighted by molar-refractivity contribution is 5.27. The van der Waals surface area contributed by atoms with Crippen molar-refractivity contribution in [1.82, 2.24) is 4.90 Å². The Bertz CT molecular complexity index is 390. The second-order valence-electron chi connectivity index (χ2n) is 4.04. The molecule has 0 radical (unpaired) electrons. The van der Waals surface area contributed by atoms with Crippen LogP contribution in [-0.2, 0) is 13.1 Å². The molecule has 0 aliphatic carbocycles. The van der Waals surface area contributed by atoms with E-state index in [0.29, 0.717) is 11.1 Å². The molecule has 0 atom stereocenters. The Labute approximate surface area is 103 Å². The van der Waals surface area contributed by atoms with Crippen LogP contribution in [0.4, 0.5) is 17.6 Å². The van der Waals surface area contributed by atoms with Crippen molar-refractivity contribution in [2.45, 2.75) is 26.2 Å². The lowest BCUT2D eigenvalue weighted by Gasteiger charge is -2.23. The second-order valence-corrected chi connectivity index (χ2v) is 4.04. The Balaban J connectivity index is 2.81. The third-order valence-corrected chi connectivity index (χ3v) is 2.63. The Morgan fingerprint density at radius 2 is 1.89 bits per heavy atom. The molecule has 1 aromatic rings. The van der Waals surface area contributed by atoms with Gasteiger partial charge in [0, 0.05) is 13.1 Å². The number of halogens is 4. The average molecular weight is 264 g/mol. The van der Waals surface area contributed by atoms with Crippen molar-refractivity contribution in [3.8, 4) is 0 Å². The van der Waals surface area contributed by atoms with E-state index in [2.05, 4.69) is 0 Å². The molecule has 1 rings (SSSR count). The zero-order valence-electron chi connectivity index (χ0n) is 10.1. The number of rotatable bonds is 5. The summed E-state index contributed by atoms with van der Waals surface area (Å²) in [7, 11) is 0. The molecule has 0 aliphatic heterocycles. The highest BCUT2D eigenvalue weighted by atomic mass is 19.4. The van der Waals surface area contributed by atoms with Crippen LogP contribution in [0.25, 0.3) is 0 Å². The van der Waals surface area contributed by atoms with E-state index in [0.717, 1.165) is 0 Å². The first kappa shape index (κ1) is 14.9. The van der Waals surface area contributed by atoms with Gasteiger partial charge in [-0.15, -0.1) is 0 Å². The van der Waals surface area contributed by atoms with Gasteiger partial charge >= 0.3 is 6.18 Å². The molecule has 0 spiro atoms. The molecule has 0 unspecified atom stereocenters. The summed E-state index contributed by atoms with van der Waals surface area (Å²) in [6.07, 6.45) is -4.24. The predicted octanol–water partition coefficient (Wildman–Crippen LogP) is 2.67. The fourth-order valence-corrected chi connectivity index (χ4v) is 1.71. The topological polar surface area (TPSA) is 29.3 Å². The van der Waals surface area contributed by atoms with Crippen molar-refractivity contribution in [2.24, 2.45) is 5.73 Å². The van der Waals surface area contributed by atoms with E-state index in [1.165, 1.54) is 23.1 Å². The molecule has 0 aromatic heterocycles. The highest BCUT2D eigenvalue weighted by Crippen LogP contribution is 2.19. The minimum Gasteiger partial charge on any atom is -0.326 e. The van der Waals surface area contributed by atoms with E-state index in [9.17, 15) is 17.6 Å². The standard InChI is InChI=1S/C12H16F4N2/c1-2-18(8-12(14,15)16)7-9-3-4-11(13)5-10(9)6-17/h3-5H,2,6-8,17H2,1H3. The maximum Gasteiger partial charge on any atom is 0.401 e. The number of benzene rings is 1. The van der Waals surface area contributed by atoms with Crippen LogP contribution in [0.3, 0.4) is 0 Å². The van der Waals surface area contributed by atoms with Gasteiger partial charge in [-0.05, 0) is 29.8 Å². The first-order chi connectivity index (χ1) is 8.35. The molecule has 0 heterocycles. The van der Waals surface area contributed by atoms with E-state index in [4.69, 9.17) is 5.73 Å². The molecule has 0 amide bonds. The van der Waals surface area contributed by atoms with E-state index in [1.54, 1.807) is 6.92 Å². The van der Waals surface area contributed by atoms with Gasteiger partial charge in [0.05, 0.1) is 6.54 Å². The maximum absolute atomic E-state index is 13.0. The number of nitrogens with zero attached hydrogens (tertiary/aromatic N) is 1. The van der Waals surface area contributed by atoms with Crippen LogP contribution in [0.2, 0.25) is 0 Å². The van der Waals surface area contributed by atoms with Crippen molar-refractivity contribution in [2.75, 3.05) is 13.1 Å². The summed E-state index contributed by atoms with van der Waals surface area (Å²) in [5.41, 5.74) is 6.62. The summed E-state index contributed by atoms with van der Waals surface area (Å²) >= 11 is 0. The van der Waals surface area contributed by atoms with Crippen molar-refractivity contribution >= 4 is 0 Å². The smallest absolute Gasteiger partial charge is 0.326 e. The van der Waals surface area contributed by atoms with Crippen LogP contribution < -0.4 is 5.73 Å².